The molecule has 22 heavy (non-hydrogen) atoms. The van der Waals surface area contributed by atoms with E-state index in [1.807, 2.05) is 31.2 Å². The summed E-state index contributed by atoms with van der Waals surface area (Å²) in [5, 5.41) is 5.15. The number of nitrogens with zero attached hydrogens (tertiary/aromatic N) is 4. The van der Waals surface area contributed by atoms with E-state index in [0.29, 0.717) is 24.7 Å². The molecule has 0 atom stereocenters. The van der Waals surface area contributed by atoms with Crippen LogP contribution in [0.25, 0.3) is 11.0 Å². The average molecular weight is 319 g/mol. The number of benzene rings is 1. The second-order valence-electron chi connectivity index (χ2n) is 4.63. The normalized spacial score (nSPS) is 10.9. The molecule has 0 saturated carbocycles. The lowest BCUT2D eigenvalue weighted by atomic mass is 10.2. The van der Waals surface area contributed by atoms with Crippen molar-refractivity contribution in [2.24, 2.45) is 0 Å². The van der Waals surface area contributed by atoms with E-state index in [-0.39, 0.29) is 5.28 Å². The summed E-state index contributed by atoms with van der Waals surface area (Å²) in [6, 6.07) is 7.65. The van der Waals surface area contributed by atoms with Gasteiger partial charge >= 0.3 is 0 Å². The molecule has 7 heteroatoms. The van der Waals surface area contributed by atoms with Gasteiger partial charge in [0.05, 0.1) is 13.3 Å². The van der Waals surface area contributed by atoms with Crippen LogP contribution in [0.4, 0.5) is 0 Å². The summed E-state index contributed by atoms with van der Waals surface area (Å²) in [6.45, 7) is 3.07. The topological polar surface area (TPSA) is 62.1 Å². The van der Waals surface area contributed by atoms with Crippen LogP contribution in [0.2, 0.25) is 5.28 Å². The molecular formula is C15H15ClN4O2. The highest BCUT2D eigenvalue weighted by Gasteiger charge is 2.12. The Morgan fingerprint density at radius 1 is 1.18 bits per heavy atom. The molecule has 3 aromatic rings. The Bertz CT molecular complexity index is 786. The molecule has 0 amide bonds. The highest BCUT2D eigenvalue weighted by atomic mass is 35.5. The smallest absolute Gasteiger partial charge is 0.229 e. The maximum atomic E-state index is 5.97. The second-order valence-corrected chi connectivity index (χ2v) is 4.97. The molecule has 2 heterocycles. The summed E-state index contributed by atoms with van der Waals surface area (Å²) in [6.07, 6.45) is 1.69. The van der Waals surface area contributed by atoms with Gasteiger partial charge in [0.15, 0.2) is 5.65 Å². The fourth-order valence-corrected chi connectivity index (χ4v) is 2.28. The molecule has 0 bridgehead atoms. The van der Waals surface area contributed by atoms with E-state index >= 15 is 0 Å². The molecule has 3 rings (SSSR count). The number of ether oxygens (including phenoxy) is 2. The van der Waals surface area contributed by atoms with Crippen LogP contribution in [0.5, 0.6) is 11.6 Å². The van der Waals surface area contributed by atoms with Gasteiger partial charge in [-0.05, 0) is 36.2 Å². The number of hydrogen-bond donors (Lipinski definition) is 0. The number of rotatable bonds is 5. The summed E-state index contributed by atoms with van der Waals surface area (Å²) in [5.41, 5.74) is 1.68. The fraction of sp³-hybridized carbons (Fsp3) is 0.267. The molecule has 0 fully saturated rings. The summed E-state index contributed by atoms with van der Waals surface area (Å²) >= 11 is 5.97. The van der Waals surface area contributed by atoms with Crippen molar-refractivity contribution in [2.45, 2.75) is 20.1 Å². The first-order chi connectivity index (χ1) is 10.7. The minimum atomic E-state index is 0.146. The lowest BCUT2D eigenvalue weighted by molar-refractivity contribution is 0.297. The van der Waals surface area contributed by atoms with Crippen LogP contribution in [0.15, 0.2) is 30.5 Å². The summed E-state index contributed by atoms with van der Waals surface area (Å²) < 4.78 is 12.7. The van der Waals surface area contributed by atoms with Gasteiger partial charge in [0.2, 0.25) is 11.2 Å². The lowest BCUT2D eigenvalue weighted by Gasteiger charge is -2.07. The third kappa shape index (κ3) is 2.82. The van der Waals surface area contributed by atoms with Crippen LogP contribution in [0, 0.1) is 0 Å². The van der Waals surface area contributed by atoms with E-state index in [4.69, 9.17) is 21.1 Å². The van der Waals surface area contributed by atoms with Crippen molar-refractivity contribution in [3.63, 3.8) is 0 Å². The zero-order chi connectivity index (χ0) is 15.5. The predicted octanol–water partition coefficient (Wildman–Crippen LogP) is 3.09. The molecule has 0 spiro atoms. The zero-order valence-electron chi connectivity index (χ0n) is 12.3. The van der Waals surface area contributed by atoms with Crippen molar-refractivity contribution in [3.8, 4) is 11.6 Å². The summed E-state index contributed by atoms with van der Waals surface area (Å²) in [4.78, 5) is 8.35. The highest BCUT2D eigenvalue weighted by Crippen LogP contribution is 2.25. The van der Waals surface area contributed by atoms with Gasteiger partial charge in [-0.2, -0.15) is 15.1 Å². The number of hydrogen-bond acceptors (Lipinski definition) is 5. The van der Waals surface area contributed by atoms with Crippen molar-refractivity contribution in [1.29, 1.82) is 0 Å². The quantitative estimate of drug-likeness (QED) is 0.676. The Morgan fingerprint density at radius 2 is 1.95 bits per heavy atom. The number of methoxy groups -OCH3 is 1. The predicted molar refractivity (Wildman–Crippen MR) is 83.3 cm³/mol. The van der Waals surface area contributed by atoms with E-state index in [1.165, 1.54) is 0 Å². The standard InChI is InChI=1S/C15H15ClN4O2/c1-3-20-13-12(8-17-20)14(19-15(16)18-13)22-9-10-4-6-11(21-2)7-5-10/h4-8H,3,9H2,1-2H3. The highest BCUT2D eigenvalue weighted by molar-refractivity contribution is 6.28. The minimum absolute atomic E-state index is 0.146. The SMILES string of the molecule is CCn1ncc2c(OCc3ccc(OC)cc3)nc(Cl)nc21. The van der Waals surface area contributed by atoms with E-state index in [0.717, 1.165) is 16.7 Å². The average Bonchev–Trinajstić information content (AvgIpc) is 2.96. The Labute approximate surface area is 132 Å². The molecule has 0 unspecified atom stereocenters. The molecule has 0 saturated heterocycles. The number of fused-ring (bicyclic) bond motifs is 1. The van der Waals surface area contributed by atoms with Gasteiger partial charge in [-0.15, -0.1) is 0 Å². The minimum Gasteiger partial charge on any atom is -0.497 e. The Hall–Kier alpha value is -2.34. The van der Waals surface area contributed by atoms with E-state index < -0.39 is 0 Å². The molecule has 0 aliphatic heterocycles. The molecule has 0 N–H and O–H groups in total. The van der Waals surface area contributed by atoms with Gasteiger partial charge in [0.1, 0.15) is 17.7 Å². The van der Waals surface area contributed by atoms with Crippen LogP contribution in [0.3, 0.4) is 0 Å². The summed E-state index contributed by atoms with van der Waals surface area (Å²) in [7, 11) is 1.64. The van der Waals surface area contributed by atoms with Crippen LogP contribution in [0.1, 0.15) is 12.5 Å². The first-order valence-corrected chi connectivity index (χ1v) is 7.24. The van der Waals surface area contributed by atoms with Gasteiger partial charge in [-0.25, -0.2) is 4.68 Å². The van der Waals surface area contributed by atoms with Gasteiger partial charge in [-0.3, -0.25) is 0 Å². The molecule has 114 valence electrons. The number of aromatic nitrogens is 4. The van der Waals surface area contributed by atoms with Crippen LogP contribution >= 0.6 is 11.6 Å². The van der Waals surface area contributed by atoms with Crippen LogP contribution in [-0.2, 0) is 13.2 Å². The van der Waals surface area contributed by atoms with Crippen LogP contribution in [-0.4, -0.2) is 26.9 Å². The molecule has 0 aliphatic rings. The Balaban J connectivity index is 1.85. The van der Waals surface area contributed by atoms with Crippen molar-refractivity contribution >= 4 is 22.6 Å². The molecule has 1 aromatic carbocycles. The zero-order valence-corrected chi connectivity index (χ0v) is 13.0. The van der Waals surface area contributed by atoms with Crippen LogP contribution < -0.4 is 9.47 Å². The van der Waals surface area contributed by atoms with E-state index in [2.05, 4.69) is 15.1 Å². The molecule has 2 aromatic heterocycles. The second kappa shape index (κ2) is 6.19. The largest absolute Gasteiger partial charge is 0.497 e. The first kappa shape index (κ1) is 14.6. The molecule has 0 aliphatic carbocycles. The molecular weight excluding hydrogens is 304 g/mol. The maximum Gasteiger partial charge on any atom is 0.229 e. The monoisotopic (exact) mass is 318 g/mol. The molecule has 6 nitrogen and oxygen atoms in total. The Kier molecular flexibility index (Phi) is 4.11. The molecule has 0 radical (unpaired) electrons. The van der Waals surface area contributed by atoms with Gasteiger partial charge in [-0.1, -0.05) is 12.1 Å². The number of aryl methyl sites for hydroxylation is 1. The van der Waals surface area contributed by atoms with Gasteiger partial charge in [0, 0.05) is 6.54 Å². The van der Waals surface area contributed by atoms with Gasteiger partial charge in [0.25, 0.3) is 0 Å². The third-order valence-corrected chi connectivity index (χ3v) is 3.44. The first-order valence-electron chi connectivity index (χ1n) is 6.86. The summed E-state index contributed by atoms with van der Waals surface area (Å²) in [5.74, 6) is 1.24. The number of halogens is 1. The third-order valence-electron chi connectivity index (χ3n) is 3.27. The Morgan fingerprint density at radius 3 is 2.64 bits per heavy atom. The fourth-order valence-electron chi connectivity index (χ4n) is 2.12. The van der Waals surface area contributed by atoms with E-state index in [1.54, 1.807) is 18.0 Å². The van der Waals surface area contributed by atoms with Crippen molar-refractivity contribution in [2.75, 3.05) is 7.11 Å². The van der Waals surface area contributed by atoms with Crippen molar-refractivity contribution in [3.05, 3.63) is 41.3 Å². The maximum absolute atomic E-state index is 5.97. The lowest BCUT2D eigenvalue weighted by Crippen LogP contribution is -2.01. The van der Waals surface area contributed by atoms with Gasteiger partial charge < -0.3 is 9.47 Å². The van der Waals surface area contributed by atoms with E-state index in [9.17, 15) is 0 Å². The van der Waals surface area contributed by atoms with Crippen molar-refractivity contribution in [1.82, 2.24) is 19.7 Å². The van der Waals surface area contributed by atoms with Crippen molar-refractivity contribution < 1.29 is 9.47 Å².